The van der Waals surface area contributed by atoms with Crippen LogP contribution in [0.4, 0.5) is 0 Å². The summed E-state index contributed by atoms with van der Waals surface area (Å²) in [5, 5.41) is 19.1. The summed E-state index contributed by atoms with van der Waals surface area (Å²) in [4.78, 5) is 24.7. The summed E-state index contributed by atoms with van der Waals surface area (Å²) in [5.41, 5.74) is 0.906. The molecular formula is C34H54O6Si2. The van der Waals surface area contributed by atoms with Crippen LogP contribution in [0.3, 0.4) is 0 Å². The molecule has 0 aliphatic heterocycles. The molecule has 234 valence electrons. The number of carbonyl (C=O) groups excluding carboxylic acids is 2. The summed E-state index contributed by atoms with van der Waals surface area (Å²) in [5.74, 6) is 0.431. The van der Waals surface area contributed by atoms with Crippen LogP contribution in [0, 0.1) is 11.8 Å². The fraction of sp³-hybridized carbons (Fsp3) is 0.588. The van der Waals surface area contributed by atoms with E-state index in [1.807, 2.05) is 0 Å². The third kappa shape index (κ3) is 8.96. The third-order valence-corrected chi connectivity index (χ3v) is 26.3. The second-order valence-electron chi connectivity index (χ2n) is 14.6. The zero-order valence-electron chi connectivity index (χ0n) is 27.5. The molecular weight excluding hydrogens is 561 g/mol. The quantitative estimate of drug-likeness (QED) is 0.154. The first-order valence-electron chi connectivity index (χ1n) is 15.2. The van der Waals surface area contributed by atoms with Crippen LogP contribution in [0.5, 0.6) is 11.5 Å². The lowest BCUT2D eigenvalue weighted by molar-refractivity contribution is 0.0475. The van der Waals surface area contributed by atoms with E-state index in [2.05, 4.69) is 67.7 Å². The van der Waals surface area contributed by atoms with E-state index in [1.165, 1.54) is 30.3 Å². The van der Waals surface area contributed by atoms with Crippen LogP contribution < -0.4 is 0 Å². The highest BCUT2D eigenvalue weighted by atomic mass is 28.4. The van der Waals surface area contributed by atoms with Crippen molar-refractivity contribution in [3.05, 3.63) is 59.7 Å². The van der Waals surface area contributed by atoms with Gasteiger partial charge >= 0.3 is 11.9 Å². The second kappa shape index (κ2) is 14.3. The molecule has 42 heavy (non-hydrogen) atoms. The number of hydrogen-bond acceptors (Lipinski definition) is 6. The van der Waals surface area contributed by atoms with Gasteiger partial charge in [0.25, 0.3) is 0 Å². The lowest BCUT2D eigenvalue weighted by Gasteiger charge is -2.58. The summed E-state index contributed by atoms with van der Waals surface area (Å²) in [6, 6.07) is 13.5. The smallest absolute Gasteiger partial charge is 0.338 e. The van der Waals surface area contributed by atoms with E-state index in [9.17, 15) is 19.8 Å². The molecule has 2 aromatic rings. The molecule has 2 N–H and O–H groups in total. The highest BCUT2D eigenvalue weighted by Crippen LogP contribution is 2.59. The normalized spacial score (nSPS) is 14.2. The molecule has 0 aliphatic rings. The molecule has 0 saturated carbocycles. The van der Waals surface area contributed by atoms with Gasteiger partial charge in [0.15, 0.2) is 0 Å². The Balaban J connectivity index is 1.92. The predicted molar refractivity (Wildman–Crippen MR) is 177 cm³/mol. The number of aromatic hydroxyl groups is 2. The van der Waals surface area contributed by atoms with Crippen molar-refractivity contribution in [1.82, 2.24) is 0 Å². The summed E-state index contributed by atoms with van der Waals surface area (Å²) < 4.78 is 11.3. The molecule has 0 aromatic heterocycles. The molecule has 0 fully saturated rings. The van der Waals surface area contributed by atoms with Gasteiger partial charge in [0, 0.05) is 0 Å². The Morgan fingerprint density at radius 1 is 0.714 bits per heavy atom. The molecule has 0 amide bonds. The lowest BCUT2D eigenvalue weighted by Crippen LogP contribution is -2.59. The number of phenols is 2. The minimum absolute atomic E-state index is 0.130. The first kappa shape index (κ1) is 35.6. The number of phenolic OH excluding ortho intramolecular Hbond substituents is 2. The van der Waals surface area contributed by atoms with Crippen molar-refractivity contribution >= 4 is 28.1 Å². The fourth-order valence-corrected chi connectivity index (χ4v) is 19.3. The monoisotopic (exact) mass is 614 g/mol. The van der Waals surface area contributed by atoms with E-state index in [0.29, 0.717) is 36.2 Å². The van der Waals surface area contributed by atoms with Crippen LogP contribution in [0.2, 0.25) is 41.9 Å². The van der Waals surface area contributed by atoms with Gasteiger partial charge in [-0.15, -0.1) is 0 Å². The van der Waals surface area contributed by atoms with Gasteiger partial charge in [-0.05, 0) is 89.3 Å². The topological polar surface area (TPSA) is 93.1 Å². The fourth-order valence-electron chi connectivity index (χ4n) is 6.22. The zero-order chi connectivity index (χ0) is 31.9. The van der Waals surface area contributed by atoms with Gasteiger partial charge in [0.2, 0.25) is 0 Å². The summed E-state index contributed by atoms with van der Waals surface area (Å²) in [7, 11) is -3.53. The van der Waals surface area contributed by atoms with Gasteiger partial charge < -0.3 is 19.7 Å². The maximum atomic E-state index is 12.4. The van der Waals surface area contributed by atoms with Crippen molar-refractivity contribution in [1.29, 1.82) is 0 Å². The molecule has 2 rings (SSSR count). The molecule has 0 spiro atoms. The summed E-state index contributed by atoms with van der Waals surface area (Å²) in [6.07, 6.45) is 2.74. The average Bonchev–Trinajstić information content (AvgIpc) is 2.88. The van der Waals surface area contributed by atoms with Crippen molar-refractivity contribution in [2.75, 3.05) is 13.2 Å². The lowest BCUT2D eigenvalue weighted by atomic mass is 9.95. The molecule has 2 aromatic carbocycles. The van der Waals surface area contributed by atoms with E-state index in [4.69, 9.17) is 9.47 Å². The van der Waals surface area contributed by atoms with Gasteiger partial charge in [0.1, 0.15) is 11.5 Å². The summed E-state index contributed by atoms with van der Waals surface area (Å²) >= 11 is 0. The zero-order valence-corrected chi connectivity index (χ0v) is 29.5. The van der Waals surface area contributed by atoms with E-state index < -0.39 is 16.1 Å². The Kier molecular flexibility index (Phi) is 12.1. The molecule has 0 heterocycles. The largest absolute Gasteiger partial charge is 0.508 e. The van der Waals surface area contributed by atoms with Gasteiger partial charge in [0.05, 0.1) is 40.5 Å². The van der Waals surface area contributed by atoms with E-state index >= 15 is 0 Å². The van der Waals surface area contributed by atoms with E-state index in [1.54, 1.807) is 24.3 Å². The Hall–Kier alpha value is -2.59. The standard InChI is InChI=1S/C34H54O6Si2/c1-25(19-21-39-31(37)27-11-15-29(35)16-12-27)23-33(3,4)42(9,10)34(5,6)41(7,8)24-26(2)20-22-40-32(38)28-13-17-30(36)18-14-28/h11-18,25-26,35-36H,19-24H2,1-10H3. The SMILES string of the molecule is CC(CCOC(=O)c1ccc(O)cc1)CC(C)(C)[Si](C)(C)C(C)(C)[Si](C)(C)CC(C)CCOC(=O)c1ccc(O)cc1. The third-order valence-electron chi connectivity index (χ3n) is 10.6. The highest BCUT2D eigenvalue weighted by Gasteiger charge is 2.56. The molecule has 0 aliphatic carbocycles. The number of hydrogen-bond donors (Lipinski definition) is 2. The van der Waals surface area contributed by atoms with Crippen LogP contribution in [-0.4, -0.2) is 51.5 Å². The minimum atomic E-state index is -1.82. The van der Waals surface area contributed by atoms with Crippen LogP contribution in [0.25, 0.3) is 0 Å². The van der Waals surface area contributed by atoms with Gasteiger partial charge in [-0.2, -0.15) is 0 Å². The maximum Gasteiger partial charge on any atom is 0.338 e. The maximum absolute atomic E-state index is 12.4. The number of esters is 2. The van der Waals surface area contributed by atoms with Crippen molar-refractivity contribution < 1.29 is 29.3 Å². The molecule has 0 saturated heterocycles. The van der Waals surface area contributed by atoms with E-state index in [-0.39, 0.29) is 33.1 Å². The van der Waals surface area contributed by atoms with E-state index in [0.717, 1.165) is 19.3 Å². The highest BCUT2D eigenvalue weighted by molar-refractivity contribution is 7.00. The molecule has 0 bridgehead atoms. The molecule has 6 nitrogen and oxygen atoms in total. The molecule has 0 radical (unpaired) electrons. The predicted octanol–water partition coefficient (Wildman–Crippen LogP) is 9.07. The van der Waals surface area contributed by atoms with Crippen molar-refractivity contribution in [3.63, 3.8) is 0 Å². The first-order chi connectivity index (χ1) is 19.3. The van der Waals surface area contributed by atoms with Crippen LogP contribution in [0.1, 0.15) is 81.5 Å². The van der Waals surface area contributed by atoms with Crippen LogP contribution >= 0.6 is 0 Å². The van der Waals surface area contributed by atoms with Gasteiger partial charge in [-0.25, -0.2) is 9.59 Å². The second-order valence-corrected chi connectivity index (χ2v) is 26.4. The average molecular weight is 615 g/mol. The number of rotatable bonds is 15. The Bertz CT molecular complexity index is 1080. The number of ether oxygens (including phenoxy) is 2. The molecule has 8 heteroatoms. The van der Waals surface area contributed by atoms with Crippen molar-refractivity contribution in [2.24, 2.45) is 11.8 Å². The summed E-state index contributed by atoms with van der Waals surface area (Å²) in [6.45, 7) is 25.4. The van der Waals surface area contributed by atoms with Gasteiger partial charge in [-0.3, -0.25) is 0 Å². The van der Waals surface area contributed by atoms with Crippen LogP contribution in [0.15, 0.2) is 48.5 Å². The Morgan fingerprint density at radius 3 is 1.50 bits per heavy atom. The van der Waals surface area contributed by atoms with Gasteiger partial charge in [-0.1, -0.05) is 73.8 Å². The molecule has 2 unspecified atom stereocenters. The minimum Gasteiger partial charge on any atom is -0.508 e. The Morgan fingerprint density at radius 2 is 1.10 bits per heavy atom. The number of benzene rings is 2. The van der Waals surface area contributed by atoms with Crippen molar-refractivity contribution in [2.45, 2.75) is 103 Å². The Labute approximate surface area is 255 Å². The van der Waals surface area contributed by atoms with Crippen molar-refractivity contribution in [3.8, 4) is 11.5 Å². The number of carbonyl (C=O) groups is 2. The molecule has 2 atom stereocenters. The first-order valence-corrected chi connectivity index (χ1v) is 21.4. The van der Waals surface area contributed by atoms with Crippen LogP contribution in [-0.2, 0) is 9.47 Å².